The van der Waals surface area contributed by atoms with E-state index in [1.165, 1.54) is 0 Å². The van der Waals surface area contributed by atoms with Gasteiger partial charge in [0.25, 0.3) is 0 Å². The van der Waals surface area contributed by atoms with Gasteiger partial charge in [-0.25, -0.2) is 0 Å². The highest BCUT2D eigenvalue weighted by Crippen LogP contribution is 2.13. The molecule has 0 saturated carbocycles. The quantitative estimate of drug-likeness (QED) is 0.749. The van der Waals surface area contributed by atoms with Crippen LogP contribution in [0.4, 0.5) is 0 Å². The normalized spacial score (nSPS) is 15.9. The van der Waals surface area contributed by atoms with E-state index >= 15 is 0 Å². The molecule has 1 heterocycles. The Morgan fingerprint density at radius 2 is 2.00 bits per heavy atom. The second-order valence-corrected chi connectivity index (χ2v) is 3.99. The lowest BCUT2D eigenvalue weighted by molar-refractivity contribution is -0.128. The zero-order chi connectivity index (χ0) is 11.5. The molecule has 0 aliphatic carbocycles. The molecule has 1 amide bonds. The second-order valence-electron chi connectivity index (χ2n) is 3.99. The fourth-order valence-electron chi connectivity index (χ4n) is 1.86. The molecule has 1 saturated heterocycles. The van der Waals surface area contributed by atoms with Crippen molar-refractivity contribution < 1.29 is 9.59 Å². The number of nitrogens with two attached hydrogens (primary N) is 1. The van der Waals surface area contributed by atoms with Crippen molar-refractivity contribution in [1.82, 2.24) is 4.90 Å². The van der Waals surface area contributed by atoms with Crippen LogP contribution in [0.25, 0.3) is 0 Å². The van der Waals surface area contributed by atoms with Crippen LogP contribution in [0.2, 0.25) is 0 Å². The van der Waals surface area contributed by atoms with E-state index in [9.17, 15) is 9.59 Å². The monoisotopic (exact) mass is 218 g/mol. The van der Waals surface area contributed by atoms with Crippen LogP contribution in [0.1, 0.15) is 17.5 Å². The average molecular weight is 218 g/mol. The van der Waals surface area contributed by atoms with Gasteiger partial charge in [-0.15, -0.1) is 0 Å². The number of carbonyl (C=O) groups is 2. The number of likely N-dealkylation sites (tertiary alicyclic amines) is 1. The van der Waals surface area contributed by atoms with Gasteiger partial charge in [-0.3, -0.25) is 9.59 Å². The maximum atomic E-state index is 11.4. The summed E-state index contributed by atoms with van der Waals surface area (Å²) in [6, 6.07) is 7.77. The Kier molecular flexibility index (Phi) is 3.01. The molecule has 0 spiro atoms. The van der Waals surface area contributed by atoms with Gasteiger partial charge >= 0.3 is 0 Å². The average Bonchev–Trinajstić information content (AvgIpc) is 2.58. The molecule has 1 aromatic carbocycles. The number of amides is 1. The number of Topliss-reactive ketones (excluding diaryl/α,β-unsaturated/α-hetero) is 1. The van der Waals surface area contributed by atoms with E-state index in [0.717, 1.165) is 11.1 Å². The highest BCUT2D eigenvalue weighted by atomic mass is 16.2. The molecular formula is C12H14N2O2. The van der Waals surface area contributed by atoms with Gasteiger partial charge in [-0.2, -0.15) is 0 Å². The fraction of sp³-hybridized carbons (Fsp3) is 0.333. The SMILES string of the molecule is NCc1cccc(CN2CC(=O)CC2=O)c1. The summed E-state index contributed by atoms with van der Waals surface area (Å²) in [4.78, 5) is 24.1. The number of benzene rings is 1. The molecule has 16 heavy (non-hydrogen) atoms. The first-order chi connectivity index (χ1) is 7.69. The fourth-order valence-corrected chi connectivity index (χ4v) is 1.86. The van der Waals surface area contributed by atoms with Gasteiger partial charge in [0.15, 0.2) is 5.78 Å². The largest absolute Gasteiger partial charge is 0.331 e. The van der Waals surface area contributed by atoms with Crippen LogP contribution in [0.5, 0.6) is 0 Å². The van der Waals surface area contributed by atoms with Crippen LogP contribution in [-0.4, -0.2) is 23.1 Å². The van der Waals surface area contributed by atoms with Crippen LogP contribution in [-0.2, 0) is 22.7 Å². The lowest BCUT2D eigenvalue weighted by Crippen LogP contribution is -2.24. The van der Waals surface area contributed by atoms with Crippen molar-refractivity contribution in [2.24, 2.45) is 5.73 Å². The second kappa shape index (κ2) is 4.45. The van der Waals surface area contributed by atoms with Crippen LogP contribution >= 0.6 is 0 Å². The molecule has 0 aromatic heterocycles. The lowest BCUT2D eigenvalue weighted by Gasteiger charge is -2.14. The van der Waals surface area contributed by atoms with Crippen LogP contribution in [0, 0.1) is 0 Å². The molecule has 2 N–H and O–H groups in total. The van der Waals surface area contributed by atoms with Crippen LogP contribution < -0.4 is 5.73 Å². The van der Waals surface area contributed by atoms with Crippen LogP contribution in [0.15, 0.2) is 24.3 Å². The summed E-state index contributed by atoms with van der Waals surface area (Å²) in [6.45, 7) is 1.23. The Morgan fingerprint density at radius 3 is 2.62 bits per heavy atom. The number of hydrogen-bond acceptors (Lipinski definition) is 3. The highest BCUT2D eigenvalue weighted by Gasteiger charge is 2.26. The molecule has 1 aromatic rings. The third-order valence-electron chi connectivity index (χ3n) is 2.67. The minimum absolute atomic E-state index is 0.0000190. The summed E-state index contributed by atoms with van der Waals surface area (Å²) in [5, 5.41) is 0. The van der Waals surface area contributed by atoms with Crippen molar-refractivity contribution in [2.45, 2.75) is 19.5 Å². The maximum absolute atomic E-state index is 11.4. The Bertz CT molecular complexity index is 429. The van der Waals surface area contributed by atoms with Gasteiger partial charge in [-0.1, -0.05) is 24.3 Å². The van der Waals surface area contributed by atoms with Gasteiger partial charge in [0.1, 0.15) is 0 Å². The van der Waals surface area contributed by atoms with E-state index in [0.29, 0.717) is 13.1 Å². The molecule has 0 atom stereocenters. The summed E-state index contributed by atoms with van der Waals surface area (Å²) >= 11 is 0. The number of nitrogens with zero attached hydrogens (tertiary/aromatic N) is 1. The van der Waals surface area contributed by atoms with Gasteiger partial charge in [0.2, 0.25) is 5.91 Å². The molecule has 2 rings (SSSR count). The summed E-state index contributed by atoms with van der Waals surface area (Å²) in [7, 11) is 0. The van der Waals surface area contributed by atoms with Crippen LogP contribution in [0.3, 0.4) is 0 Å². The van der Waals surface area contributed by atoms with Gasteiger partial charge in [-0.05, 0) is 11.1 Å². The molecule has 4 heteroatoms. The van der Waals surface area contributed by atoms with Gasteiger partial charge < -0.3 is 10.6 Å². The molecule has 0 radical (unpaired) electrons. The molecule has 4 nitrogen and oxygen atoms in total. The first kappa shape index (κ1) is 10.8. The van der Waals surface area contributed by atoms with Gasteiger partial charge in [0, 0.05) is 13.1 Å². The summed E-state index contributed by atoms with van der Waals surface area (Å²) in [6.07, 6.45) is 0.0522. The number of hydrogen-bond donors (Lipinski definition) is 1. The van der Waals surface area contributed by atoms with Crippen molar-refractivity contribution in [3.8, 4) is 0 Å². The van der Waals surface area contributed by atoms with E-state index in [-0.39, 0.29) is 24.7 Å². The van der Waals surface area contributed by atoms with Crippen molar-refractivity contribution in [3.05, 3.63) is 35.4 Å². The summed E-state index contributed by atoms with van der Waals surface area (Å²) < 4.78 is 0. The molecule has 1 fully saturated rings. The Hall–Kier alpha value is -1.68. The standard InChI is InChI=1S/C12H14N2O2/c13-6-9-2-1-3-10(4-9)7-14-8-11(15)5-12(14)16/h1-4H,5-8,13H2. The molecule has 84 valence electrons. The van der Waals surface area contributed by atoms with Crippen molar-refractivity contribution in [3.63, 3.8) is 0 Å². The third-order valence-corrected chi connectivity index (χ3v) is 2.67. The minimum atomic E-state index is -0.0804. The molecular weight excluding hydrogens is 204 g/mol. The molecule has 0 unspecified atom stereocenters. The van der Waals surface area contributed by atoms with Crippen molar-refractivity contribution in [1.29, 1.82) is 0 Å². The highest BCUT2D eigenvalue weighted by molar-refractivity contribution is 6.05. The predicted molar refractivity (Wildman–Crippen MR) is 59.4 cm³/mol. The summed E-state index contributed by atoms with van der Waals surface area (Å²) in [5.74, 6) is -0.0804. The molecule has 1 aliphatic heterocycles. The minimum Gasteiger partial charge on any atom is -0.331 e. The molecule has 1 aliphatic rings. The van der Waals surface area contributed by atoms with E-state index in [4.69, 9.17) is 5.73 Å². The van der Waals surface area contributed by atoms with Gasteiger partial charge in [0.05, 0.1) is 13.0 Å². The Balaban J connectivity index is 2.09. The lowest BCUT2D eigenvalue weighted by atomic mass is 10.1. The van der Waals surface area contributed by atoms with Crippen molar-refractivity contribution >= 4 is 11.7 Å². The zero-order valence-electron chi connectivity index (χ0n) is 8.98. The Labute approximate surface area is 94.0 Å². The number of ketones is 1. The number of carbonyl (C=O) groups excluding carboxylic acids is 2. The first-order valence-corrected chi connectivity index (χ1v) is 5.26. The predicted octanol–water partition coefficient (Wildman–Crippen LogP) is 0.447. The molecule has 0 bridgehead atoms. The van der Waals surface area contributed by atoms with E-state index in [1.54, 1.807) is 4.90 Å². The maximum Gasteiger partial charge on any atom is 0.230 e. The van der Waals surface area contributed by atoms with Crippen molar-refractivity contribution in [2.75, 3.05) is 6.54 Å². The zero-order valence-corrected chi connectivity index (χ0v) is 8.98. The van der Waals surface area contributed by atoms with E-state index in [1.807, 2.05) is 24.3 Å². The first-order valence-electron chi connectivity index (χ1n) is 5.26. The van der Waals surface area contributed by atoms with E-state index < -0.39 is 0 Å². The number of rotatable bonds is 3. The van der Waals surface area contributed by atoms with E-state index in [2.05, 4.69) is 0 Å². The third kappa shape index (κ3) is 2.28. The smallest absolute Gasteiger partial charge is 0.230 e. The topological polar surface area (TPSA) is 63.4 Å². The Morgan fingerprint density at radius 1 is 1.25 bits per heavy atom. The summed E-state index contributed by atoms with van der Waals surface area (Å²) in [5.41, 5.74) is 7.60.